The summed E-state index contributed by atoms with van der Waals surface area (Å²) in [6.45, 7) is 3.33. The van der Waals surface area contributed by atoms with Crippen LogP contribution < -0.4 is 0 Å². The smallest absolute Gasteiger partial charge is 0.362 e. The van der Waals surface area contributed by atoms with Gasteiger partial charge in [-0.3, -0.25) is 9.74 Å². The fraction of sp³-hybridized carbons (Fsp3) is 0.714. The summed E-state index contributed by atoms with van der Waals surface area (Å²) in [7, 11) is 0. The van der Waals surface area contributed by atoms with E-state index in [1.165, 1.54) is 0 Å². The molecule has 0 aromatic rings. The third-order valence-corrected chi connectivity index (χ3v) is 1.34. The molecule has 5 heteroatoms. The third kappa shape index (κ3) is 2.86. The van der Waals surface area contributed by atoms with Crippen molar-refractivity contribution >= 4 is 11.9 Å². The minimum atomic E-state index is -1.20. The largest absolute Gasteiger partial charge is 0.465 e. The molecule has 70 valence electrons. The molecule has 0 aromatic heterocycles. The molecule has 0 amide bonds. The zero-order valence-electron chi connectivity index (χ0n) is 7.00. The Kier molecular flexibility index (Phi) is 4.99. The molecule has 0 radical (unpaired) electrons. The van der Waals surface area contributed by atoms with Crippen LogP contribution in [0.25, 0.3) is 0 Å². The Bertz CT molecular complexity index is 169. The lowest BCUT2D eigenvalue weighted by molar-refractivity contribution is -0.192. The Labute approximate surface area is 69.5 Å². The van der Waals surface area contributed by atoms with E-state index in [9.17, 15) is 14.1 Å². The molecule has 0 bridgehead atoms. The van der Waals surface area contributed by atoms with E-state index in [0.717, 1.165) is 0 Å². The number of hydrogen-bond acceptors (Lipinski definition) is 4. The van der Waals surface area contributed by atoms with Gasteiger partial charge in [0.15, 0.2) is 5.92 Å². The Balaban J connectivity index is 4.14. The van der Waals surface area contributed by atoms with Crippen molar-refractivity contribution in [1.29, 1.82) is 0 Å². The SMILES string of the molecule is CCOC(=O)C(CC)C(=O)OF. The average molecular weight is 178 g/mol. The fourth-order valence-corrected chi connectivity index (χ4v) is 0.726. The van der Waals surface area contributed by atoms with Crippen LogP contribution in [0, 0.1) is 5.92 Å². The van der Waals surface area contributed by atoms with E-state index in [2.05, 4.69) is 9.68 Å². The second-order valence-electron chi connectivity index (χ2n) is 2.11. The van der Waals surface area contributed by atoms with Crippen molar-refractivity contribution in [2.45, 2.75) is 20.3 Å². The fourth-order valence-electron chi connectivity index (χ4n) is 0.726. The van der Waals surface area contributed by atoms with Crippen molar-refractivity contribution in [2.75, 3.05) is 6.61 Å². The van der Waals surface area contributed by atoms with Crippen molar-refractivity contribution in [1.82, 2.24) is 0 Å². The molecule has 0 fully saturated rings. The predicted molar refractivity (Wildman–Crippen MR) is 37.6 cm³/mol. The van der Waals surface area contributed by atoms with Crippen LogP contribution in [0.2, 0.25) is 0 Å². The minimum Gasteiger partial charge on any atom is -0.465 e. The molecular formula is C7H11FO4. The number of carbonyl (C=O) groups is 2. The summed E-state index contributed by atoms with van der Waals surface area (Å²) in [6, 6.07) is 0. The number of esters is 1. The van der Waals surface area contributed by atoms with Gasteiger partial charge >= 0.3 is 11.9 Å². The summed E-state index contributed by atoms with van der Waals surface area (Å²) in [5.41, 5.74) is 0. The van der Waals surface area contributed by atoms with Crippen LogP contribution in [0.3, 0.4) is 0 Å². The molecule has 0 spiro atoms. The van der Waals surface area contributed by atoms with Crippen molar-refractivity contribution in [3.8, 4) is 0 Å². The highest BCUT2D eigenvalue weighted by molar-refractivity contribution is 5.94. The van der Waals surface area contributed by atoms with Gasteiger partial charge in [0, 0.05) is 4.53 Å². The van der Waals surface area contributed by atoms with Gasteiger partial charge < -0.3 is 4.74 Å². The maximum absolute atomic E-state index is 11.4. The normalized spacial score (nSPS) is 11.9. The van der Waals surface area contributed by atoms with Gasteiger partial charge in [0.1, 0.15) is 0 Å². The second kappa shape index (κ2) is 5.51. The molecule has 0 aliphatic carbocycles. The first-order chi connectivity index (χ1) is 5.67. The van der Waals surface area contributed by atoms with E-state index < -0.39 is 17.9 Å². The van der Waals surface area contributed by atoms with Gasteiger partial charge in [-0.1, -0.05) is 6.92 Å². The average Bonchev–Trinajstić information content (AvgIpc) is 2.06. The Morgan fingerprint density at radius 3 is 2.25 bits per heavy atom. The maximum Gasteiger partial charge on any atom is 0.362 e. The number of rotatable bonds is 4. The standard InChI is InChI=1S/C7H11FO4/c1-3-5(7(10)12-8)6(9)11-4-2/h5H,3-4H2,1-2H3. The van der Waals surface area contributed by atoms with Gasteiger partial charge in [-0.2, -0.15) is 0 Å². The Morgan fingerprint density at radius 2 is 1.92 bits per heavy atom. The molecule has 0 aromatic carbocycles. The summed E-state index contributed by atoms with van der Waals surface area (Å²) in [6.07, 6.45) is 0.168. The maximum atomic E-state index is 11.4. The van der Waals surface area contributed by atoms with Crippen LogP contribution in [0.15, 0.2) is 0 Å². The molecule has 0 rings (SSSR count). The zero-order chi connectivity index (χ0) is 9.56. The minimum absolute atomic E-state index is 0.162. The van der Waals surface area contributed by atoms with Crippen LogP contribution in [0.5, 0.6) is 0 Å². The molecule has 0 saturated heterocycles. The number of ether oxygens (including phenoxy) is 1. The molecule has 0 aliphatic rings. The Hall–Kier alpha value is -1.13. The second-order valence-corrected chi connectivity index (χ2v) is 2.11. The van der Waals surface area contributed by atoms with Gasteiger partial charge in [0.25, 0.3) is 0 Å². The third-order valence-electron chi connectivity index (χ3n) is 1.34. The molecule has 4 nitrogen and oxygen atoms in total. The van der Waals surface area contributed by atoms with Crippen molar-refractivity contribution in [3.63, 3.8) is 0 Å². The first kappa shape index (κ1) is 10.9. The molecule has 1 unspecified atom stereocenters. The summed E-state index contributed by atoms with van der Waals surface area (Å²) in [5.74, 6) is -3.09. The van der Waals surface area contributed by atoms with Crippen LogP contribution in [-0.2, 0) is 19.3 Å². The van der Waals surface area contributed by atoms with E-state index in [1.807, 2.05) is 0 Å². The van der Waals surface area contributed by atoms with Gasteiger partial charge in [-0.05, 0) is 13.3 Å². The van der Waals surface area contributed by atoms with E-state index in [1.54, 1.807) is 13.8 Å². The molecule has 0 saturated carbocycles. The van der Waals surface area contributed by atoms with E-state index in [0.29, 0.717) is 0 Å². The summed E-state index contributed by atoms with van der Waals surface area (Å²) < 4.78 is 15.9. The highest BCUT2D eigenvalue weighted by Gasteiger charge is 2.28. The molecule has 0 aliphatic heterocycles. The van der Waals surface area contributed by atoms with E-state index in [4.69, 9.17) is 0 Å². The molecule has 0 heterocycles. The predicted octanol–water partition coefficient (Wildman–Crippen LogP) is 1.00. The van der Waals surface area contributed by atoms with E-state index in [-0.39, 0.29) is 13.0 Å². The van der Waals surface area contributed by atoms with Gasteiger partial charge in [-0.15, -0.1) is 0 Å². The lowest BCUT2D eigenvalue weighted by atomic mass is 10.1. The summed E-state index contributed by atoms with van der Waals surface area (Å²) in [4.78, 5) is 24.4. The molecule has 1 atom stereocenters. The number of carbonyl (C=O) groups excluding carboxylic acids is 2. The highest BCUT2D eigenvalue weighted by Crippen LogP contribution is 2.07. The monoisotopic (exact) mass is 178 g/mol. The zero-order valence-corrected chi connectivity index (χ0v) is 7.00. The molecule has 12 heavy (non-hydrogen) atoms. The first-order valence-electron chi connectivity index (χ1n) is 3.66. The number of halogens is 1. The quantitative estimate of drug-likeness (QED) is 0.476. The lowest BCUT2D eigenvalue weighted by Crippen LogP contribution is -2.25. The summed E-state index contributed by atoms with van der Waals surface area (Å²) in [5, 5.41) is 0. The van der Waals surface area contributed by atoms with Crippen molar-refractivity contribution in [2.24, 2.45) is 5.92 Å². The van der Waals surface area contributed by atoms with Crippen molar-refractivity contribution in [3.05, 3.63) is 0 Å². The Morgan fingerprint density at radius 1 is 1.33 bits per heavy atom. The molecular weight excluding hydrogens is 167 g/mol. The topological polar surface area (TPSA) is 52.6 Å². The highest BCUT2D eigenvalue weighted by atomic mass is 19.3. The van der Waals surface area contributed by atoms with Crippen LogP contribution >= 0.6 is 0 Å². The summed E-state index contributed by atoms with van der Waals surface area (Å²) >= 11 is 0. The van der Waals surface area contributed by atoms with Crippen LogP contribution in [0.1, 0.15) is 20.3 Å². The van der Waals surface area contributed by atoms with Gasteiger partial charge in [0.2, 0.25) is 0 Å². The van der Waals surface area contributed by atoms with Crippen LogP contribution in [-0.4, -0.2) is 18.5 Å². The molecule has 0 N–H and O–H groups in total. The lowest BCUT2D eigenvalue weighted by Gasteiger charge is -2.07. The van der Waals surface area contributed by atoms with Crippen LogP contribution in [0.4, 0.5) is 4.53 Å². The first-order valence-corrected chi connectivity index (χ1v) is 3.66. The number of hydrogen-bond donors (Lipinski definition) is 0. The van der Waals surface area contributed by atoms with Gasteiger partial charge in [0.05, 0.1) is 6.61 Å². The van der Waals surface area contributed by atoms with Crippen molar-refractivity contribution < 1.29 is 23.8 Å². The van der Waals surface area contributed by atoms with Gasteiger partial charge in [-0.25, -0.2) is 4.79 Å². The van der Waals surface area contributed by atoms with E-state index >= 15 is 0 Å².